The minimum absolute atomic E-state index is 0.0399. The highest BCUT2D eigenvalue weighted by molar-refractivity contribution is 14.1. The highest BCUT2D eigenvalue weighted by Gasteiger charge is 2.25. The number of halogens is 2. The van der Waals surface area contributed by atoms with Gasteiger partial charge in [-0.05, 0) is 41.9 Å². The van der Waals surface area contributed by atoms with Crippen LogP contribution >= 0.6 is 22.6 Å². The fraction of sp³-hybridized carbons (Fsp3) is 0.444. The number of hydrogen-bond donors (Lipinski definition) is 1. The first-order valence-electron chi connectivity index (χ1n) is 5.03. The lowest BCUT2D eigenvalue weighted by atomic mass is 9.93. The first-order valence-corrected chi connectivity index (χ1v) is 6.11. The summed E-state index contributed by atoms with van der Waals surface area (Å²) in [6.07, 6.45) is 3.32. The zero-order chi connectivity index (χ0) is 11.3. The van der Waals surface area contributed by atoms with E-state index in [1.807, 2.05) is 22.6 Å². The van der Waals surface area contributed by atoms with Crippen LogP contribution in [-0.4, -0.2) is 19.7 Å². The second kappa shape index (κ2) is 3.51. The molecule has 1 saturated carbocycles. The van der Waals surface area contributed by atoms with Crippen molar-refractivity contribution in [3.8, 4) is 0 Å². The molecule has 16 heavy (non-hydrogen) atoms. The highest BCUT2D eigenvalue weighted by Crippen LogP contribution is 2.34. The molecule has 0 unspecified atom stereocenters. The van der Waals surface area contributed by atoms with Crippen LogP contribution in [0.4, 0.5) is 10.3 Å². The van der Waals surface area contributed by atoms with E-state index >= 15 is 0 Å². The van der Waals surface area contributed by atoms with Crippen LogP contribution in [0.1, 0.15) is 25.3 Å². The molecule has 3 rings (SSSR count). The Morgan fingerprint density at radius 3 is 2.75 bits per heavy atom. The lowest BCUT2D eigenvalue weighted by molar-refractivity contribution is 0.295. The lowest BCUT2D eigenvalue weighted by Crippen LogP contribution is -2.18. The van der Waals surface area contributed by atoms with E-state index in [2.05, 4.69) is 15.1 Å². The van der Waals surface area contributed by atoms with Crippen molar-refractivity contribution in [1.82, 2.24) is 19.7 Å². The molecule has 0 radical (unpaired) electrons. The molecule has 0 amide bonds. The smallest absolute Gasteiger partial charge is 0.229 e. The van der Waals surface area contributed by atoms with Crippen molar-refractivity contribution < 1.29 is 4.39 Å². The zero-order valence-electron chi connectivity index (χ0n) is 8.32. The van der Waals surface area contributed by atoms with Crippen molar-refractivity contribution in [3.05, 3.63) is 9.65 Å². The van der Waals surface area contributed by atoms with Gasteiger partial charge in [0.05, 0.1) is 6.04 Å². The molecule has 1 fully saturated rings. The average Bonchev–Trinajstić information content (AvgIpc) is 2.40. The van der Waals surface area contributed by atoms with Crippen LogP contribution in [-0.2, 0) is 0 Å². The molecule has 0 saturated heterocycles. The number of nitrogen functional groups attached to an aromatic ring is 1. The van der Waals surface area contributed by atoms with Crippen molar-refractivity contribution in [2.45, 2.75) is 25.3 Å². The third-order valence-electron chi connectivity index (χ3n) is 2.90. The fourth-order valence-electron chi connectivity index (χ4n) is 1.86. The van der Waals surface area contributed by atoms with Gasteiger partial charge in [-0.15, -0.1) is 0 Å². The Bertz CT molecular complexity index is 563. The van der Waals surface area contributed by atoms with Gasteiger partial charge in [-0.1, -0.05) is 0 Å². The molecule has 0 aliphatic heterocycles. The summed E-state index contributed by atoms with van der Waals surface area (Å²) >= 11 is 2.00. The summed E-state index contributed by atoms with van der Waals surface area (Å²) in [6.45, 7) is 0. The van der Waals surface area contributed by atoms with Gasteiger partial charge in [-0.2, -0.15) is 19.5 Å². The monoisotopic (exact) mass is 333 g/mol. The van der Waals surface area contributed by atoms with Gasteiger partial charge >= 0.3 is 0 Å². The minimum atomic E-state index is -0.586. The summed E-state index contributed by atoms with van der Waals surface area (Å²) in [4.78, 5) is 7.60. The predicted molar refractivity (Wildman–Crippen MR) is 65.3 cm³/mol. The molecule has 1 aliphatic rings. The van der Waals surface area contributed by atoms with Crippen LogP contribution in [0.3, 0.4) is 0 Å². The highest BCUT2D eigenvalue weighted by atomic mass is 127. The summed E-state index contributed by atoms with van der Waals surface area (Å²) in [5.74, 6) is -0.626. The summed E-state index contributed by atoms with van der Waals surface area (Å²) < 4.78 is 16.0. The van der Waals surface area contributed by atoms with Crippen molar-refractivity contribution in [2.75, 3.05) is 5.73 Å². The number of nitrogens with two attached hydrogens (primary N) is 1. The first kappa shape index (κ1) is 10.2. The van der Waals surface area contributed by atoms with E-state index in [4.69, 9.17) is 5.73 Å². The molecule has 0 bridgehead atoms. The maximum atomic E-state index is 13.6. The number of anilines is 1. The fourth-order valence-corrected chi connectivity index (χ4v) is 2.56. The number of nitrogens with zero attached hydrogens (tertiary/aromatic N) is 4. The van der Waals surface area contributed by atoms with E-state index < -0.39 is 5.95 Å². The van der Waals surface area contributed by atoms with E-state index in [9.17, 15) is 4.39 Å². The van der Waals surface area contributed by atoms with Crippen molar-refractivity contribution in [2.24, 2.45) is 0 Å². The van der Waals surface area contributed by atoms with E-state index in [0.717, 1.165) is 12.8 Å². The summed E-state index contributed by atoms with van der Waals surface area (Å²) in [5.41, 5.74) is 5.97. The van der Waals surface area contributed by atoms with Gasteiger partial charge < -0.3 is 5.73 Å². The largest absolute Gasteiger partial charge is 0.368 e. The molecular formula is C9H9FIN5. The predicted octanol–water partition coefficient (Wildman–Crippen LogP) is 1.88. The van der Waals surface area contributed by atoms with Gasteiger partial charge in [0.25, 0.3) is 0 Å². The normalized spacial score (nSPS) is 16.6. The molecule has 5 nitrogen and oxygen atoms in total. The minimum Gasteiger partial charge on any atom is -0.368 e. The molecule has 2 heterocycles. The molecule has 2 aromatic heterocycles. The van der Waals surface area contributed by atoms with E-state index in [1.54, 1.807) is 4.68 Å². The molecule has 2 N–H and O–H groups in total. The van der Waals surface area contributed by atoms with E-state index in [1.165, 1.54) is 6.42 Å². The van der Waals surface area contributed by atoms with Crippen molar-refractivity contribution >= 4 is 39.6 Å². The average molecular weight is 333 g/mol. The molecule has 1 aliphatic carbocycles. The van der Waals surface area contributed by atoms with Gasteiger partial charge in [0.15, 0.2) is 5.65 Å². The number of rotatable bonds is 1. The molecule has 0 aromatic carbocycles. The molecule has 7 heteroatoms. The van der Waals surface area contributed by atoms with Crippen molar-refractivity contribution in [3.63, 3.8) is 0 Å². The SMILES string of the molecule is Nc1nc(F)c2c(I)nn(C3CCC3)c2n1. The van der Waals surface area contributed by atoms with Gasteiger partial charge in [0.1, 0.15) is 9.09 Å². The van der Waals surface area contributed by atoms with Gasteiger partial charge in [-0.3, -0.25) is 0 Å². The third-order valence-corrected chi connectivity index (χ3v) is 3.66. The number of hydrogen-bond acceptors (Lipinski definition) is 4. The van der Waals surface area contributed by atoms with E-state index in [0.29, 0.717) is 20.8 Å². The lowest BCUT2D eigenvalue weighted by Gasteiger charge is -2.25. The molecule has 0 spiro atoms. The second-order valence-electron chi connectivity index (χ2n) is 3.89. The summed E-state index contributed by atoms with van der Waals surface area (Å²) in [7, 11) is 0. The molecule has 84 valence electrons. The molecular weight excluding hydrogens is 324 g/mol. The van der Waals surface area contributed by atoms with Crippen LogP contribution < -0.4 is 5.73 Å². The maximum absolute atomic E-state index is 13.6. The summed E-state index contributed by atoms with van der Waals surface area (Å²) in [6, 6.07) is 0.333. The Morgan fingerprint density at radius 1 is 1.38 bits per heavy atom. The van der Waals surface area contributed by atoms with E-state index in [-0.39, 0.29) is 5.95 Å². The van der Waals surface area contributed by atoms with Gasteiger partial charge in [0, 0.05) is 0 Å². The Labute approximate surface area is 104 Å². The number of fused-ring (bicyclic) bond motifs is 1. The maximum Gasteiger partial charge on any atom is 0.229 e. The molecule has 2 aromatic rings. The van der Waals surface area contributed by atoms with Gasteiger partial charge in [0.2, 0.25) is 11.9 Å². The first-order chi connectivity index (χ1) is 7.66. The quantitative estimate of drug-likeness (QED) is 0.639. The second-order valence-corrected chi connectivity index (χ2v) is 4.91. The van der Waals surface area contributed by atoms with Crippen LogP contribution in [0.2, 0.25) is 0 Å². The van der Waals surface area contributed by atoms with Gasteiger partial charge in [-0.25, -0.2) is 4.68 Å². The Hall–Kier alpha value is -0.990. The topological polar surface area (TPSA) is 69.6 Å². The van der Waals surface area contributed by atoms with Crippen LogP contribution in [0.15, 0.2) is 0 Å². The Balaban J connectivity index is 2.29. The van der Waals surface area contributed by atoms with Crippen LogP contribution in [0.5, 0.6) is 0 Å². The van der Waals surface area contributed by atoms with Crippen LogP contribution in [0, 0.1) is 9.65 Å². The zero-order valence-corrected chi connectivity index (χ0v) is 10.5. The Kier molecular flexibility index (Phi) is 2.23. The standard InChI is InChI=1S/C9H9FIN5/c10-6-5-7(11)15-16(4-2-1-3-4)8(5)14-9(12)13-6/h4H,1-3H2,(H2,12,13,14). The third kappa shape index (κ3) is 1.37. The Morgan fingerprint density at radius 2 is 2.12 bits per heavy atom. The summed E-state index contributed by atoms with van der Waals surface area (Å²) in [5, 5.41) is 4.70. The van der Waals surface area contributed by atoms with Crippen molar-refractivity contribution in [1.29, 1.82) is 0 Å². The van der Waals surface area contributed by atoms with Crippen LogP contribution in [0.25, 0.3) is 11.0 Å². The molecule has 0 atom stereocenters. The number of aromatic nitrogens is 4.